The SMILES string of the molecule is Cc1cc(=O)oc2cc(OCC(=O)N/N=C\c3ccccc3Cl)ccc12. The minimum Gasteiger partial charge on any atom is -0.484 e. The highest BCUT2D eigenvalue weighted by atomic mass is 35.5. The van der Waals surface area contributed by atoms with Crippen molar-refractivity contribution in [2.45, 2.75) is 6.92 Å². The lowest BCUT2D eigenvalue weighted by Crippen LogP contribution is -2.24. The van der Waals surface area contributed by atoms with E-state index in [-0.39, 0.29) is 6.61 Å². The van der Waals surface area contributed by atoms with E-state index in [1.54, 1.807) is 36.4 Å². The standard InChI is InChI=1S/C19H15ClN2O4/c1-12-8-19(24)26-17-9-14(6-7-15(12)17)25-11-18(23)22-21-10-13-4-2-3-5-16(13)20/h2-10H,11H2,1H3,(H,22,23)/b21-10-. The van der Waals surface area contributed by atoms with Gasteiger partial charge < -0.3 is 9.15 Å². The predicted molar refractivity (Wildman–Crippen MR) is 99.9 cm³/mol. The van der Waals surface area contributed by atoms with Gasteiger partial charge in [-0.2, -0.15) is 5.10 Å². The molecule has 0 spiro atoms. The molecular formula is C19H15ClN2O4. The second kappa shape index (κ2) is 7.84. The van der Waals surface area contributed by atoms with Gasteiger partial charge >= 0.3 is 5.63 Å². The Kier molecular flexibility index (Phi) is 5.34. The lowest BCUT2D eigenvalue weighted by molar-refractivity contribution is -0.123. The summed E-state index contributed by atoms with van der Waals surface area (Å²) < 4.78 is 10.6. The van der Waals surface area contributed by atoms with Gasteiger partial charge in [0.25, 0.3) is 5.91 Å². The van der Waals surface area contributed by atoms with Crippen LogP contribution in [0.4, 0.5) is 0 Å². The first-order valence-electron chi connectivity index (χ1n) is 7.77. The number of aryl methyl sites for hydroxylation is 1. The first-order chi connectivity index (χ1) is 12.5. The number of amides is 1. The van der Waals surface area contributed by atoms with Crippen LogP contribution in [0.2, 0.25) is 5.02 Å². The molecule has 1 aromatic heterocycles. The Morgan fingerprint density at radius 3 is 2.88 bits per heavy atom. The number of benzene rings is 2. The van der Waals surface area contributed by atoms with Crippen molar-refractivity contribution in [3.8, 4) is 5.75 Å². The number of hydrazone groups is 1. The maximum Gasteiger partial charge on any atom is 0.336 e. The number of hydrogen-bond donors (Lipinski definition) is 1. The van der Waals surface area contributed by atoms with E-state index in [1.165, 1.54) is 12.3 Å². The van der Waals surface area contributed by atoms with E-state index in [1.807, 2.05) is 13.0 Å². The van der Waals surface area contributed by atoms with E-state index < -0.39 is 11.5 Å². The third kappa shape index (κ3) is 4.29. The molecule has 0 bridgehead atoms. The van der Waals surface area contributed by atoms with Gasteiger partial charge in [-0.1, -0.05) is 29.8 Å². The summed E-state index contributed by atoms with van der Waals surface area (Å²) in [7, 11) is 0. The molecule has 132 valence electrons. The molecule has 0 aliphatic carbocycles. The molecule has 3 aromatic rings. The molecule has 0 aliphatic heterocycles. The van der Waals surface area contributed by atoms with Crippen molar-refractivity contribution in [3.05, 3.63) is 75.1 Å². The van der Waals surface area contributed by atoms with Crippen LogP contribution in [0.15, 0.2) is 62.8 Å². The summed E-state index contributed by atoms with van der Waals surface area (Å²) in [5.41, 5.74) is 3.84. The number of halogens is 1. The number of ether oxygens (including phenoxy) is 1. The van der Waals surface area contributed by atoms with Crippen molar-refractivity contribution >= 4 is 34.7 Å². The molecule has 0 fully saturated rings. The summed E-state index contributed by atoms with van der Waals surface area (Å²) in [6.45, 7) is 1.59. The number of rotatable bonds is 5. The summed E-state index contributed by atoms with van der Waals surface area (Å²) >= 11 is 5.99. The molecule has 1 amide bonds. The Bertz CT molecular complexity index is 1040. The highest BCUT2D eigenvalue weighted by molar-refractivity contribution is 6.33. The molecule has 26 heavy (non-hydrogen) atoms. The Hall–Kier alpha value is -3.12. The number of hydrogen-bond acceptors (Lipinski definition) is 5. The highest BCUT2D eigenvalue weighted by Gasteiger charge is 2.06. The van der Waals surface area contributed by atoms with Gasteiger partial charge in [-0.15, -0.1) is 0 Å². The Morgan fingerprint density at radius 1 is 1.27 bits per heavy atom. The van der Waals surface area contributed by atoms with Crippen LogP contribution in [0.3, 0.4) is 0 Å². The van der Waals surface area contributed by atoms with E-state index in [0.717, 1.165) is 10.9 Å². The fourth-order valence-electron chi connectivity index (χ4n) is 2.33. The molecule has 3 rings (SSSR count). The van der Waals surface area contributed by atoms with E-state index >= 15 is 0 Å². The number of nitrogens with zero attached hydrogens (tertiary/aromatic N) is 1. The summed E-state index contributed by atoms with van der Waals surface area (Å²) in [6, 6.07) is 13.6. The number of fused-ring (bicyclic) bond motifs is 1. The average molecular weight is 371 g/mol. The molecule has 1 N–H and O–H groups in total. The molecule has 0 atom stereocenters. The predicted octanol–water partition coefficient (Wildman–Crippen LogP) is 3.28. The van der Waals surface area contributed by atoms with Gasteiger partial charge in [0.05, 0.1) is 6.21 Å². The van der Waals surface area contributed by atoms with Gasteiger partial charge in [-0.05, 0) is 30.7 Å². The first-order valence-corrected chi connectivity index (χ1v) is 8.14. The maximum absolute atomic E-state index is 11.8. The topological polar surface area (TPSA) is 80.9 Å². The zero-order valence-electron chi connectivity index (χ0n) is 13.9. The molecule has 0 saturated carbocycles. The highest BCUT2D eigenvalue weighted by Crippen LogP contribution is 2.22. The fourth-order valence-corrected chi connectivity index (χ4v) is 2.51. The number of carbonyl (C=O) groups is 1. The summed E-state index contributed by atoms with van der Waals surface area (Å²) in [5, 5.41) is 5.19. The summed E-state index contributed by atoms with van der Waals surface area (Å²) in [4.78, 5) is 23.3. The van der Waals surface area contributed by atoms with E-state index in [2.05, 4.69) is 10.5 Å². The molecule has 1 heterocycles. The van der Waals surface area contributed by atoms with Crippen molar-refractivity contribution < 1.29 is 13.9 Å². The largest absolute Gasteiger partial charge is 0.484 e. The second-order valence-electron chi connectivity index (χ2n) is 5.51. The first kappa shape index (κ1) is 17.7. The van der Waals surface area contributed by atoms with Gasteiger partial charge in [-0.25, -0.2) is 10.2 Å². The van der Waals surface area contributed by atoms with Crippen LogP contribution in [0.5, 0.6) is 5.75 Å². The number of nitrogens with one attached hydrogen (secondary N) is 1. The van der Waals surface area contributed by atoms with Crippen LogP contribution in [0.25, 0.3) is 11.0 Å². The van der Waals surface area contributed by atoms with Crippen molar-refractivity contribution in [2.24, 2.45) is 5.10 Å². The minimum absolute atomic E-state index is 0.235. The minimum atomic E-state index is -0.432. The summed E-state index contributed by atoms with van der Waals surface area (Å²) in [6.07, 6.45) is 1.45. The molecule has 0 aliphatic rings. The molecule has 0 saturated heterocycles. The van der Waals surface area contributed by atoms with Gasteiger partial charge in [0.15, 0.2) is 6.61 Å². The fraction of sp³-hybridized carbons (Fsp3) is 0.105. The van der Waals surface area contributed by atoms with Gasteiger partial charge in [-0.3, -0.25) is 4.79 Å². The van der Waals surface area contributed by atoms with Crippen molar-refractivity contribution in [3.63, 3.8) is 0 Å². The Balaban J connectivity index is 1.60. The zero-order chi connectivity index (χ0) is 18.5. The second-order valence-corrected chi connectivity index (χ2v) is 5.92. The van der Waals surface area contributed by atoms with Crippen LogP contribution in [-0.2, 0) is 4.79 Å². The smallest absolute Gasteiger partial charge is 0.336 e. The molecular weight excluding hydrogens is 356 g/mol. The molecule has 2 aromatic carbocycles. The Morgan fingerprint density at radius 2 is 2.08 bits per heavy atom. The Labute approximate surface area is 154 Å². The van der Waals surface area contributed by atoms with Crippen molar-refractivity contribution in [2.75, 3.05) is 6.61 Å². The van der Waals surface area contributed by atoms with Crippen LogP contribution in [0, 0.1) is 6.92 Å². The quantitative estimate of drug-likeness (QED) is 0.424. The third-order valence-electron chi connectivity index (χ3n) is 3.59. The molecule has 0 unspecified atom stereocenters. The normalized spacial score (nSPS) is 11.0. The lowest BCUT2D eigenvalue weighted by atomic mass is 10.1. The van der Waals surface area contributed by atoms with Crippen molar-refractivity contribution in [1.82, 2.24) is 5.43 Å². The van der Waals surface area contributed by atoms with Crippen molar-refractivity contribution in [1.29, 1.82) is 0 Å². The van der Waals surface area contributed by atoms with Gasteiger partial charge in [0.1, 0.15) is 11.3 Å². The van der Waals surface area contributed by atoms with Crippen LogP contribution in [-0.4, -0.2) is 18.7 Å². The maximum atomic E-state index is 11.8. The lowest BCUT2D eigenvalue weighted by Gasteiger charge is -2.06. The van der Waals surface area contributed by atoms with Crippen LogP contribution >= 0.6 is 11.6 Å². The number of carbonyl (C=O) groups excluding carboxylic acids is 1. The van der Waals surface area contributed by atoms with Gasteiger partial charge in [0, 0.05) is 28.1 Å². The monoisotopic (exact) mass is 370 g/mol. The molecule has 6 nitrogen and oxygen atoms in total. The van der Waals surface area contributed by atoms with E-state index in [4.69, 9.17) is 20.8 Å². The zero-order valence-corrected chi connectivity index (χ0v) is 14.6. The summed E-state index contributed by atoms with van der Waals surface area (Å²) in [5.74, 6) is -0.0180. The molecule has 0 radical (unpaired) electrons. The third-order valence-corrected chi connectivity index (χ3v) is 3.94. The van der Waals surface area contributed by atoms with E-state index in [9.17, 15) is 9.59 Å². The van der Waals surface area contributed by atoms with Crippen LogP contribution in [0.1, 0.15) is 11.1 Å². The average Bonchev–Trinajstić information content (AvgIpc) is 2.61. The van der Waals surface area contributed by atoms with Crippen LogP contribution < -0.4 is 15.8 Å². The van der Waals surface area contributed by atoms with E-state index in [0.29, 0.717) is 21.9 Å². The molecule has 7 heteroatoms. The van der Waals surface area contributed by atoms with Gasteiger partial charge in [0.2, 0.25) is 0 Å².